The van der Waals surface area contributed by atoms with Crippen LogP contribution >= 0.6 is 0 Å². The Morgan fingerprint density at radius 3 is 2.60 bits per heavy atom. The van der Waals surface area contributed by atoms with Crippen LogP contribution < -0.4 is 4.90 Å². The average molecular weight is 411 g/mol. The minimum absolute atomic E-state index is 0.0936. The molecule has 0 radical (unpaired) electrons. The molecule has 1 aromatic carbocycles. The van der Waals surface area contributed by atoms with Gasteiger partial charge in [-0.15, -0.1) is 0 Å². The summed E-state index contributed by atoms with van der Waals surface area (Å²) in [6.45, 7) is 3.08. The summed E-state index contributed by atoms with van der Waals surface area (Å²) in [6, 6.07) is 6.65. The molecule has 2 aromatic rings. The summed E-state index contributed by atoms with van der Waals surface area (Å²) in [5.41, 5.74) is -1.23. The van der Waals surface area contributed by atoms with E-state index in [0.717, 1.165) is 11.1 Å². The molecule has 1 aliphatic heterocycles. The van der Waals surface area contributed by atoms with Crippen LogP contribution in [0.2, 0.25) is 0 Å². The molecule has 4 rings (SSSR count). The molecule has 2 unspecified atom stereocenters. The molecule has 1 saturated carbocycles. The van der Waals surface area contributed by atoms with Crippen LogP contribution in [0.3, 0.4) is 0 Å². The number of amides is 2. The van der Waals surface area contributed by atoms with Gasteiger partial charge in [0.05, 0.1) is 34.7 Å². The normalized spacial score (nSPS) is 30.6. The third kappa shape index (κ3) is 2.71. The van der Waals surface area contributed by atoms with Crippen molar-refractivity contribution in [2.75, 3.05) is 11.5 Å². The standard InChI is InChI=1S/C22H25N3O5/c1-21(2)15(27)10-22(30,7-9-26)17-16(21)19(28)25(20(17)29)14-6-5-12(11-23)18-13(14)4-3-8-24-18/h3-6,8,11,15-17,23,26-27,30H,7,9-10H2,1-2H3/t15-,16-,17?,22?/m0/s1. The van der Waals surface area contributed by atoms with Crippen molar-refractivity contribution < 1.29 is 24.9 Å². The van der Waals surface area contributed by atoms with Crippen LogP contribution in [-0.4, -0.2) is 56.6 Å². The van der Waals surface area contributed by atoms with Gasteiger partial charge in [0.25, 0.3) is 0 Å². The van der Waals surface area contributed by atoms with Crippen molar-refractivity contribution in [2.45, 2.75) is 38.4 Å². The van der Waals surface area contributed by atoms with E-state index in [2.05, 4.69) is 4.98 Å². The molecule has 8 heteroatoms. The van der Waals surface area contributed by atoms with Gasteiger partial charge in [0.2, 0.25) is 11.8 Å². The van der Waals surface area contributed by atoms with Crippen LogP contribution in [0.4, 0.5) is 5.69 Å². The maximum Gasteiger partial charge on any atom is 0.240 e. The Bertz CT molecular complexity index is 1050. The fourth-order valence-corrected chi connectivity index (χ4v) is 5.07. The number of carbonyl (C=O) groups is 2. The zero-order valence-corrected chi connectivity index (χ0v) is 16.9. The predicted octanol–water partition coefficient (Wildman–Crippen LogP) is 1.24. The highest BCUT2D eigenvalue weighted by Crippen LogP contribution is 2.55. The quantitative estimate of drug-likeness (QED) is 0.442. The zero-order valence-electron chi connectivity index (χ0n) is 16.9. The first-order valence-electron chi connectivity index (χ1n) is 9.94. The van der Waals surface area contributed by atoms with Crippen LogP contribution in [0.25, 0.3) is 10.9 Å². The van der Waals surface area contributed by atoms with Crippen LogP contribution in [-0.2, 0) is 9.59 Å². The number of aromatic nitrogens is 1. The van der Waals surface area contributed by atoms with Crippen LogP contribution in [0.15, 0.2) is 30.5 Å². The fraction of sp³-hybridized carbons (Fsp3) is 0.455. The highest BCUT2D eigenvalue weighted by atomic mass is 16.3. The summed E-state index contributed by atoms with van der Waals surface area (Å²) in [5, 5.41) is 39.5. The molecule has 0 spiro atoms. The number of nitrogens with one attached hydrogen (secondary N) is 1. The summed E-state index contributed by atoms with van der Waals surface area (Å²) in [5.74, 6) is -3.03. The van der Waals surface area contributed by atoms with Gasteiger partial charge in [-0.2, -0.15) is 0 Å². The lowest BCUT2D eigenvalue weighted by Gasteiger charge is -2.49. The first kappa shape index (κ1) is 20.6. The maximum absolute atomic E-state index is 13.6. The van der Waals surface area contributed by atoms with E-state index in [-0.39, 0.29) is 19.4 Å². The SMILES string of the molecule is CC1(C)[C@@H]2C(=O)N(c3ccc(C=N)c4ncccc34)C(=O)C2C(O)(CCO)C[C@@H]1O. The average Bonchev–Trinajstić information content (AvgIpc) is 2.98. The second-order valence-electron chi connectivity index (χ2n) is 8.80. The third-order valence-electron chi connectivity index (χ3n) is 6.81. The molecule has 4 atom stereocenters. The van der Waals surface area contributed by atoms with Gasteiger partial charge in [-0.1, -0.05) is 13.8 Å². The lowest BCUT2D eigenvalue weighted by atomic mass is 9.56. The second-order valence-corrected chi connectivity index (χ2v) is 8.80. The van der Waals surface area contributed by atoms with Gasteiger partial charge >= 0.3 is 0 Å². The Labute approximate surface area is 173 Å². The lowest BCUT2D eigenvalue weighted by Crippen LogP contribution is -2.59. The van der Waals surface area contributed by atoms with E-state index >= 15 is 0 Å². The van der Waals surface area contributed by atoms with Crippen molar-refractivity contribution >= 4 is 34.6 Å². The van der Waals surface area contributed by atoms with Gasteiger partial charge in [-0.25, -0.2) is 4.90 Å². The first-order valence-corrected chi connectivity index (χ1v) is 9.94. The molecule has 2 fully saturated rings. The van der Waals surface area contributed by atoms with Gasteiger partial charge in [0, 0.05) is 48.2 Å². The van der Waals surface area contributed by atoms with Crippen molar-refractivity contribution in [1.82, 2.24) is 4.98 Å². The summed E-state index contributed by atoms with van der Waals surface area (Å²) < 4.78 is 0. The van der Waals surface area contributed by atoms with Gasteiger partial charge in [-0.3, -0.25) is 14.6 Å². The number of rotatable bonds is 4. The number of benzene rings is 1. The summed E-state index contributed by atoms with van der Waals surface area (Å²) in [4.78, 5) is 32.5. The zero-order chi connectivity index (χ0) is 21.8. The number of hydrogen-bond acceptors (Lipinski definition) is 7. The van der Waals surface area contributed by atoms with Gasteiger partial charge in [0.1, 0.15) is 0 Å². The molecular weight excluding hydrogens is 386 g/mol. The summed E-state index contributed by atoms with van der Waals surface area (Å²) in [7, 11) is 0. The Hall–Kier alpha value is -2.68. The molecule has 2 heterocycles. The van der Waals surface area contributed by atoms with Gasteiger partial charge < -0.3 is 20.7 Å². The lowest BCUT2D eigenvalue weighted by molar-refractivity contribution is -0.176. The van der Waals surface area contributed by atoms with E-state index in [1.54, 1.807) is 44.3 Å². The smallest absolute Gasteiger partial charge is 0.240 e. The molecule has 158 valence electrons. The molecule has 2 aliphatic rings. The minimum atomic E-state index is -1.68. The largest absolute Gasteiger partial charge is 0.396 e. The molecule has 0 bridgehead atoms. The Kier molecular flexibility index (Phi) is 4.76. The molecule has 1 aliphatic carbocycles. The first-order chi connectivity index (χ1) is 14.2. The summed E-state index contributed by atoms with van der Waals surface area (Å²) in [6.07, 6.45) is 1.52. The van der Waals surface area contributed by atoms with Crippen molar-refractivity contribution in [2.24, 2.45) is 17.3 Å². The Balaban J connectivity index is 1.91. The van der Waals surface area contributed by atoms with Crippen molar-refractivity contribution in [3.8, 4) is 0 Å². The number of fused-ring (bicyclic) bond motifs is 2. The van der Waals surface area contributed by atoms with E-state index in [9.17, 15) is 24.9 Å². The Morgan fingerprint density at radius 1 is 1.23 bits per heavy atom. The Morgan fingerprint density at radius 2 is 1.93 bits per heavy atom. The maximum atomic E-state index is 13.6. The molecular formula is C22H25N3O5. The van der Waals surface area contributed by atoms with Crippen LogP contribution in [0.5, 0.6) is 0 Å². The van der Waals surface area contributed by atoms with Crippen LogP contribution in [0.1, 0.15) is 32.3 Å². The van der Waals surface area contributed by atoms with Crippen LogP contribution in [0, 0.1) is 22.7 Å². The number of imide groups is 1. The topological polar surface area (TPSA) is 135 Å². The molecule has 1 saturated heterocycles. The minimum Gasteiger partial charge on any atom is -0.396 e. The highest BCUT2D eigenvalue weighted by Gasteiger charge is 2.66. The van der Waals surface area contributed by atoms with E-state index in [4.69, 9.17) is 5.41 Å². The molecule has 4 N–H and O–H groups in total. The predicted molar refractivity (Wildman–Crippen MR) is 110 cm³/mol. The monoisotopic (exact) mass is 411 g/mol. The highest BCUT2D eigenvalue weighted by molar-refractivity contribution is 6.26. The number of anilines is 1. The molecule has 30 heavy (non-hydrogen) atoms. The number of aliphatic hydroxyl groups excluding tert-OH is 2. The van der Waals surface area contributed by atoms with Gasteiger partial charge in [0.15, 0.2) is 0 Å². The number of carbonyl (C=O) groups excluding carboxylic acids is 2. The van der Waals surface area contributed by atoms with Gasteiger partial charge in [-0.05, 0) is 24.3 Å². The number of aliphatic hydroxyl groups is 3. The summed E-state index contributed by atoms with van der Waals surface area (Å²) >= 11 is 0. The fourth-order valence-electron chi connectivity index (χ4n) is 5.07. The number of nitrogens with zero attached hydrogens (tertiary/aromatic N) is 2. The van der Waals surface area contributed by atoms with E-state index in [1.807, 2.05) is 0 Å². The van der Waals surface area contributed by atoms with E-state index in [1.165, 1.54) is 0 Å². The van der Waals surface area contributed by atoms with Crippen molar-refractivity contribution in [3.05, 3.63) is 36.0 Å². The van der Waals surface area contributed by atoms with Crippen molar-refractivity contribution in [1.29, 1.82) is 5.41 Å². The second kappa shape index (κ2) is 6.94. The van der Waals surface area contributed by atoms with Crippen molar-refractivity contribution in [3.63, 3.8) is 0 Å². The van der Waals surface area contributed by atoms with E-state index < -0.39 is 40.8 Å². The third-order valence-corrected chi connectivity index (χ3v) is 6.81. The molecule has 2 amide bonds. The number of hydrogen-bond donors (Lipinski definition) is 4. The number of pyridine rings is 1. The van der Waals surface area contributed by atoms with E-state index in [0.29, 0.717) is 22.2 Å². The molecule has 8 nitrogen and oxygen atoms in total. The molecule has 1 aromatic heterocycles.